The third kappa shape index (κ3) is 3.66. The summed E-state index contributed by atoms with van der Waals surface area (Å²) in [6.07, 6.45) is -0.688. The Balaban J connectivity index is 2.16. The van der Waals surface area contributed by atoms with E-state index < -0.39 is 18.9 Å². The fraction of sp³-hybridized carbons (Fsp3) is 0.182. The lowest BCUT2D eigenvalue weighted by Gasteiger charge is -2.32. The number of hydrogen-bond donors (Lipinski definition) is 2. The molecule has 0 aliphatic rings. The Morgan fingerprint density at radius 3 is 1.58 bits per heavy atom. The summed E-state index contributed by atoms with van der Waals surface area (Å²) < 4.78 is 14.5. The summed E-state index contributed by atoms with van der Waals surface area (Å²) in [5.41, 5.74) is 0.0951. The van der Waals surface area contributed by atoms with E-state index in [0.717, 1.165) is 0 Å². The lowest BCUT2D eigenvalue weighted by molar-refractivity contribution is 0.155. The Kier molecular flexibility index (Phi) is 6.05. The van der Waals surface area contributed by atoms with Crippen molar-refractivity contribution in [3.05, 3.63) is 96.6 Å². The van der Waals surface area contributed by atoms with Gasteiger partial charge in [0, 0.05) is 17.2 Å². The molecular formula is C22H23O3P. The number of aliphatic hydroxyl groups excluding tert-OH is 2. The van der Waals surface area contributed by atoms with E-state index in [1.807, 2.05) is 91.0 Å². The molecule has 0 saturated carbocycles. The molecule has 3 nitrogen and oxygen atoms in total. The smallest absolute Gasteiger partial charge is 0.149 e. The van der Waals surface area contributed by atoms with Crippen molar-refractivity contribution in [3.63, 3.8) is 0 Å². The molecule has 0 saturated heterocycles. The van der Waals surface area contributed by atoms with E-state index in [1.54, 1.807) is 0 Å². The van der Waals surface area contributed by atoms with Crippen molar-refractivity contribution in [1.82, 2.24) is 0 Å². The van der Waals surface area contributed by atoms with Gasteiger partial charge in [-0.1, -0.05) is 91.0 Å². The first kappa shape index (κ1) is 18.6. The molecular weight excluding hydrogens is 343 g/mol. The highest BCUT2D eigenvalue weighted by Crippen LogP contribution is 2.54. The normalized spacial score (nSPS) is 13.9. The Labute approximate surface area is 154 Å². The molecule has 0 spiro atoms. The molecule has 3 aromatic carbocycles. The number of rotatable bonds is 7. The van der Waals surface area contributed by atoms with Gasteiger partial charge in [0.25, 0.3) is 0 Å². The Morgan fingerprint density at radius 1 is 0.731 bits per heavy atom. The van der Waals surface area contributed by atoms with Crippen LogP contribution in [0.2, 0.25) is 0 Å². The van der Waals surface area contributed by atoms with Crippen molar-refractivity contribution >= 4 is 17.8 Å². The van der Waals surface area contributed by atoms with E-state index in [0.29, 0.717) is 16.2 Å². The first-order chi connectivity index (χ1) is 12.7. The van der Waals surface area contributed by atoms with Crippen molar-refractivity contribution in [1.29, 1.82) is 0 Å². The minimum Gasteiger partial charge on any atom is -0.396 e. The van der Waals surface area contributed by atoms with E-state index in [9.17, 15) is 14.8 Å². The van der Waals surface area contributed by atoms with Crippen LogP contribution < -0.4 is 10.6 Å². The summed E-state index contributed by atoms with van der Waals surface area (Å²) >= 11 is 0. The van der Waals surface area contributed by atoms with E-state index in [1.165, 1.54) is 0 Å². The fourth-order valence-corrected chi connectivity index (χ4v) is 6.72. The van der Waals surface area contributed by atoms with Crippen LogP contribution in [0.4, 0.5) is 0 Å². The van der Waals surface area contributed by atoms with Gasteiger partial charge in [0.15, 0.2) is 0 Å². The standard InChI is InChI=1S/C22H23O3P/c23-17-16-21(22(24)18-10-4-1-5-11-18)26(25,19-12-6-2-7-13-19)20-14-8-3-9-15-20/h1-15,21-24H,16-17H2/t21-,22+/m0/s1. The van der Waals surface area contributed by atoms with Crippen molar-refractivity contribution in [2.45, 2.75) is 18.2 Å². The minimum absolute atomic E-state index is 0.141. The van der Waals surface area contributed by atoms with Crippen molar-refractivity contribution in [3.8, 4) is 0 Å². The molecule has 3 aromatic rings. The van der Waals surface area contributed by atoms with Gasteiger partial charge in [-0.05, 0) is 12.0 Å². The van der Waals surface area contributed by atoms with E-state index in [2.05, 4.69) is 0 Å². The van der Waals surface area contributed by atoms with Gasteiger partial charge in [0.05, 0.1) is 11.8 Å². The molecule has 0 aromatic heterocycles. The molecule has 0 aliphatic carbocycles. The molecule has 2 N–H and O–H groups in total. The van der Waals surface area contributed by atoms with Crippen LogP contribution in [0, 0.1) is 0 Å². The van der Waals surface area contributed by atoms with Crippen LogP contribution in [-0.2, 0) is 4.57 Å². The molecule has 3 rings (SSSR count). The van der Waals surface area contributed by atoms with Crippen LogP contribution in [0.1, 0.15) is 18.1 Å². The predicted molar refractivity (Wildman–Crippen MR) is 107 cm³/mol. The highest BCUT2D eigenvalue weighted by atomic mass is 31.2. The molecule has 26 heavy (non-hydrogen) atoms. The van der Waals surface area contributed by atoms with Gasteiger partial charge < -0.3 is 14.8 Å². The first-order valence-electron chi connectivity index (χ1n) is 8.72. The third-order valence-electron chi connectivity index (χ3n) is 4.68. The average Bonchev–Trinajstić information content (AvgIpc) is 2.73. The highest BCUT2D eigenvalue weighted by Gasteiger charge is 2.40. The molecule has 134 valence electrons. The second-order valence-corrected chi connectivity index (χ2v) is 9.28. The Hall–Kier alpha value is -2.19. The van der Waals surface area contributed by atoms with Gasteiger partial charge in [0.2, 0.25) is 0 Å². The van der Waals surface area contributed by atoms with Crippen molar-refractivity contribution in [2.24, 2.45) is 0 Å². The summed E-state index contributed by atoms with van der Waals surface area (Å²) in [6.45, 7) is -0.141. The van der Waals surface area contributed by atoms with Gasteiger partial charge in [0.1, 0.15) is 7.14 Å². The molecule has 0 unspecified atom stereocenters. The summed E-state index contributed by atoms with van der Waals surface area (Å²) in [6, 6.07) is 27.8. The van der Waals surface area contributed by atoms with Crippen LogP contribution in [-0.4, -0.2) is 22.5 Å². The molecule has 0 radical (unpaired) electrons. The molecule has 0 bridgehead atoms. The van der Waals surface area contributed by atoms with E-state index >= 15 is 0 Å². The van der Waals surface area contributed by atoms with Crippen LogP contribution in [0.5, 0.6) is 0 Å². The van der Waals surface area contributed by atoms with Gasteiger partial charge in [-0.25, -0.2) is 0 Å². The third-order valence-corrected chi connectivity index (χ3v) is 8.28. The van der Waals surface area contributed by atoms with E-state index in [-0.39, 0.29) is 13.0 Å². The van der Waals surface area contributed by atoms with Gasteiger partial charge >= 0.3 is 0 Å². The Bertz CT molecular complexity index is 807. The van der Waals surface area contributed by atoms with Crippen LogP contribution in [0.3, 0.4) is 0 Å². The summed E-state index contributed by atoms with van der Waals surface area (Å²) in [5, 5.41) is 22.1. The van der Waals surface area contributed by atoms with Gasteiger partial charge in [-0.15, -0.1) is 0 Å². The second kappa shape index (κ2) is 8.46. The molecule has 0 amide bonds. The van der Waals surface area contributed by atoms with Crippen LogP contribution in [0.25, 0.3) is 0 Å². The van der Waals surface area contributed by atoms with Gasteiger partial charge in [-0.2, -0.15) is 0 Å². The van der Waals surface area contributed by atoms with E-state index in [4.69, 9.17) is 0 Å². The maximum absolute atomic E-state index is 14.5. The maximum atomic E-state index is 14.5. The predicted octanol–water partition coefficient (Wildman–Crippen LogP) is 3.49. The van der Waals surface area contributed by atoms with Crippen LogP contribution >= 0.6 is 7.14 Å². The lowest BCUT2D eigenvalue weighted by atomic mass is 10.0. The second-order valence-electron chi connectivity index (χ2n) is 6.26. The topological polar surface area (TPSA) is 57.5 Å². The maximum Gasteiger partial charge on any atom is 0.149 e. The lowest BCUT2D eigenvalue weighted by Crippen LogP contribution is -2.31. The Morgan fingerprint density at radius 2 is 1.15 bits per heavy atom. The quantitative estimate of drug-likeness (QED) is 0.630. The molecule has 0 heterocycles. The molecule has 4 heteroatoms. The summed E-state index contributed by atoms with van der Waals surface area (Å²) in [5.74, 6) is 0. The minimum atomic E-state index is -3.18. The molecule has 2 atom stereocenters. The first-order valence-corrected chi connectivity index (χ1v) is 10.5. The molecule has 0 aliphatic heterocycles. The van der Waals surface area contributed by atoms with Crippen molar-refractivity contribution in [2.75, 3.05) is 6.61 Å². The van der Waals surface area contributed by atoms with Crippen LogP contribution in [0.15, 0.2) is 91.0 Å². The zero-order chi connectivity index (χ0) is 18.4. The fourth-order valence-electron chi connectivity index (χ4n) is 3.37. The number of benzene rings is 3. The molecule has 0 fully saturated rings. The number of aliphatic hydroxyl groups is 2. The van der Waals surface area contributed by atoms with Gasteiger partial charge in [-0.3, -0.25) is 0 Å². The largest absolute Gasteiger partial charge is 0.396 e. The summed E-state index contributed by atoms with van der Waals surface area (Å²) in [4.78, 5) is 0. The SMILES string of the molecule is O=P(c1ccccc1)(c1ccccc1)[C@@H](CCO)[C@H](O)c1ccccc1. The summed E-state index contributed by atoms with van der Waals surface area (Å²) in [7, 11) is -3.18. The van der Waals surface area contributed by atoms with Crippen molar-refractivity contribution < 1.29 is 14.8 Å². The average molecular weight is 366 g/mol. The monoisotopic (exact) mass is 366 g/mol. The zero-order valence-corrected chi connectivity index (χ0v) is 15.4. The highest BCUT2D eigenvalue weighted by molar-refractivity contribution is 7.79. The zero-order valence-electron chi connectivity index (χ0n) is 14.5. The number of hydrogen-bond acceptors (Lipinski definition) is 3.